The van der Waals surface area contributed by atoms with Gasteiger partial charge in [0.2, 0.25) is 15.9 Å². The summed E-state index contributed by atoms with van der Waals surface area (Å²) in [6.07, 6.45) is -3.80. The van der Waals surface area contributed by atoms with E-state index in [2.05, 4.69) is 10.3 Å². The Morgan fingerprint density at radius 1 is 0.971 bits per heavy atom. The third kappa shape index (κ3) is 6.45. The van der Waals surface area contributed by atoms with Gasteiger partial charge < -0.3 is 14.8 Å². The van der Waals surface area contributed by atoms with Crippen molar-refractivity contribution in [3.05, 3.63) is 72.4 Å². The molecule has 3 rings (SSSR count). The molecule has 0 radical (unpaired) electrons. The number of hydrogen-bond donors (Lipinski definition) is 1. The number of pyridine rings is 1. The standard InChI is InChI=1S/C22H20F3N3O5S/c1-28(2)34(30,31)19-10-4-16(5-11-19)27-20(29)14-32-17-6-8-18(9-7-17)33-21-12-3-15(13-26-21)22(23,24)25/h3-13H,14H2,1-2H3,(H,27,29). The quantitative estimate of drug-likeness (QED) is 0.504. The van der Waals surface area contributed by atoms with E-state index in [1.807, 2.05) is 0 Å². The number of ether oxygens (including phenoxy) is 2. The molecule has 2 aromatic carbocycles. The molecular formula is C22H20F3N3O5S. The summed E-state index contributed by atoms with van der Waals surface area (Å²) in [7, 11) is -0.717. The summed E-state index contributed by atoms with van der Waals surface area (Å²) in [5.74, 6) is 0.204. The number of nitrogens with zero attached hydrogens (tertiary/aromatic N) is 2. The van der Waals surface area contributed by atoms with E-state index in [1.165, 1.54) is 62.6 Å². The minimum atomic E-state index is -4.48. The Morgan fingerprint density at radius 2 is 1.59 bits per heavy atom. The van der Waals surface area contributed by atoms with Crippen molar-refractivity contribution in [3.8, 4) is 17.4 Å². The largest absolute Gasteiger partial charge is 0.484 e. The van der Waals surface area contributed by atoms with Crippen LogP contribution in [0.3, 0.4) is 0 Å². The number of amides is 1. The number of aromatic nitrogens is 1. The van der Waals surface area contributed by atoms with Gasteiger partial charge in [0.15, 0.2) is 6.61 Å². The third-order valence-corrected chi connectivity index (χ3v) is 6.23. The molecule has 8 nitrogen and oxygen atoms in total. The van der Waals surface area contributed by atoms with Crippen LogP contribution in [0.4, 0.5) is 18.9 Å². The van der Waals surface area contributed by atoms with Crippen LogP contribution in [-0.2, 0) is 21.0 Å². The van der Waals surface area contributed by atoms with Crippen molar-refractivity contribution < 1.29 is 35.9 Å². The average Bonchev–Trinajstić information content (AvgIpc) is 2.79. The number of hydrogen-bond acceptors (Lipinski definition) is 6. The molecule has 0 saturated carbocycles. The first-order valence-electron chi connectivity index (χ1n) is 9.71. The van der Waals surface area contributed by atoms with E-state index in [-0.39, 0.29) is 17.4 Å². The van der Waals surface area contributed by atoms with Gasteiger partial charge in [-0.25, -0.2) is 17.7 Å². The second-order valence-electron chi connectivity index (χ2n) is 7.10. The van der Waals surface area contributed by atoms with Crippen LogP contribution >= 0.6 is 0 Å². The topological polar surface area (TPSA) is 97.8 Å². The van der Waals surface area contributed by atoms with Crippen LogP contribution in [0.5, 0.6) is 17.4 Å². The zero-order valence-electron chi connectivity index (χ0n) is 18.0. The summed E-state index contributed by atoms with van der Waals surface area (Å²) in [5, 5.41) is 2.59. The lowest BCUT2D eigenvalue weighted by atomic mass is 10.3. The smallest absolute Gasteiger partial charge is 0.417 e. The number of alkyl halides is 3. The number of carbonyl (C=O) groups excluding carboxylic acids is 1. The van der Waals surface area contributed by atoms with Gasteiger partial charge in [0.25, 0.3) is 5.91 Å². The molecule has 1 aromatic heterocycles. The van der Waals surface area contributed by atoms with Crippen LogP contribution in [0.25, 0.3) is 0 Å². The minimum Gasteiger partial charge on any atom is -0.484 e. The molecule has 1 N–H and O–H groups in total. The molecule has 0 aliphatic heterocycles. The lowest BCUT2D eigenvalue weighted by Crippen LogP contribution is -2.22. The van der Waals surface area contributed by atoms with Gasteiger partial charge in [0.05, 0.1) is 10.5 Å². The summed E-state index contributed by atoms with van der Waals surface area (Å²) >= 11 is 0. The van der Waals surface area contributed by atoms with Gasteiger partial charge in [-0.1, -0.05) is 0 Å². The van der Waals surface area contributed by atoms with Crippen molar-refractivity contribution in [2.75, 3.05) is 26.0 Å². The molecule has 0 unspecified atom stereocenters. The third-order valence-electron chi connectivity index (χ3n) is 4.40. The molecule has 12 heteroatoms. The van der Waals surface area contributed by atoms with Crippen molar-refractivity contribution in [1.82, 2.24) is 9.29 Å². The number of sulfonamides is 1. The molecule has 34 heavy (non-hydrogen) atoms. The second-order valence-corrected chi connectivity index (χ2v) is 9.26. The SMILES string of the molecule is CN(C)S(=O)(=O)c1ccc(NC(=O)COc2ccc(Oc3ccc(C(F)(F)F)cn3)cc2)cc1. The van der Waals surface area contributed by atoms with Crippen LogP contribution in [0.15, 0.2) is 71.8 Å². The van der Waals surface area contributed by atoms with Gasteiger partial charge in [-0.3, -0.25) is 4.79 Å². The molecule has 180 valence electrons. The number of anilines is 1. The maximum atomic E-state index is 12.6. The number of rotatable bonds is 8. The Bertz CT molecular complexity index is 1230. The lowest BCUT2D eigenvalue weighted by molar-refractivity contribution is -0.137. The van der Waals surface area contributed by atoms with Crippen molar-refractivity contribution in [2.45, 2.75) is 11.1 Å². The predicted octanol–water partition coefficient (Wildman–Crippen LogP) is 4.16. The van der Waals surface area contributed by atoms with Gasteiger partial charge >= 0.3 is 6.18 Å². The Labute approximate surface area is 194 Å². The summed E-state index contributed by atoms with van der Waals surface area (Å²) in [5.41, 5.74) is -0.476. The first-order valence-corrected chi connectivity index (χ1v) is 11.2. The molecule has 1 amide bonds. The van der Waals surface area contributed by atoms with Crippen LogP contribution in [0.1, 0.15) is 5.56 Å². The van der Waals surface area contributed by atoms with Crippen molar-refractivity contribution in [2.24, 2.45) is 0 Å². The molecule has 0 aliphatic carbocycles. The first-order chi connectivity index (χ1) is 15.9. The second kappa shape index (κ2) is 10.1. The predicted molar refractivity (Wildman–Crippen MR) is 117 cm³/mol. The molecule has 0 saturated heterocycles. The van der Waals surface area contributed by atoms with E-state index in [0.717, 1.165) is 16.4 Å². The summed E-state index contributed by atoms with van der Waals surface area (Å²) in [4.78, 5) is 15.8. The summed E-state index contributed by atoms with van der Waals surface area (Å²) in [6.45, 7) is -0.307. The number of benzene rings is 2. The average molecular weight is 495 g/mol. The van der Waals surface area contributed by atoms with Gasteiger partial charge in [0, 0.05) is 32.0 Å². The van der Waals surface area contributed by atoms with E-state index in [1.54, 1.807) is 0 Å². The molecular weight excluding hydrogens is 475 g/mol. The lowest BCUT2D eigenvalue weighted by Gasteiger charge is -2.12. The summed E-state index contributed by atoms with van der Waals surface area (Å²) in [6, 6.07) is 13.7. The highest BCUT2D eigenvalue weighted by Gasteiger charge is 2.30. The fourth-order valence-corrected chi connectivity index (χ4v) is 3.50. The van der Waals surface area contributed by atoms with Gasteiger partial charge in [0.1, 0.15) is 11.5 Å². The van der Waals surface area contributed by atoms with E-state index < -0.39 is 27.7 Å². The van der Waals surface area contributed by atoms with Crippen molar-refractivity contribution in [3.63, 3.8) is 0 Å². The molecule has 0 spiro atoms. The molecule has 3 aromatic rings. The van der Waals surface area contributed by atoms with Gasteiger partial charge in [-0.2, -0.15) is 13.2 Å². The Morgan fingerprint density at radius 3 is 2.12 bits per heavy atom. The highest BCUT2D eigenvalue weighted by molar-refractivity contribution is 7.89. The van der Waals surface area contributed by atoms with Crippen LogP contribution in [0, 0.1) is 0 Å². The maximum Gasteiger partial charge on any atom is 0.417 e. The Hall–Kier alpha value is -3.64. The highest BCUT2D eigenvalue weighted by atomic mass is 32.2. The van der Waals surface area contributed by atoms with E-state index in [0.29, 0.717) is 23.4 Å². The fourth-order valence-electron chi connectivity index (χ4n) is 2.60. The zero-order chi connectivity index (χ0) is 24.9. The maximum absolute atomic E-state index is 12.6. The molecule has 0 atom stereocenters. The zero-order valence-corrected chi connectivity index (χ0v) is 18.9. The van der Waals surface area contributed by atoms with E-state index in [9.17, 15) is 26.4 Å². The van der Waals surface area contributed by atoms with E-state index >= 15 is 0 Å². The number of carbonyl (C=O) groups is 1. The molecule has 0 aliphatic rings. The monoisotopic (exact) mass is 495 g/mol. The van der Waals surface area contributed by atoms with E-state index in [4.69, 9.17) is 9.47 Å². The first kappa shape index (κ1) is 25.0. The van der Waals surface area contributed by atoms with Crippen LogP contribution in [-0.4, -0.2) is 44.3 Å². The van der Waals surface area contributed by atoms with Gasteiger partial charge in [-0.05, 0) is 54.6 Å². The Balaban J connectivity index is 1.51. The van der Waals surface area contributed by atoms with Crippen LogP contribution in [0.2, 0.25) is 0 Å². The normalized spacial score (nSPS) is 11.8. The van der Waals surface area contributed by atoms with Crippen LogP contribution < -0.4 is 14.8 Å². The highest BCUT2D eigenvalue weighted by Crippen LogP contribution is 2.30. The molecule has 0 fully saturated rings. The number of halogens is 3. The number of nitrogens with one attached hydrogen (secondary N) is 1. The Kier molecular flexibility index (Phi) is 7.42. The molecule has 0 bridgehead atoms. The van der Waals surface area contributed by atoms with Gasteiger partial charge in [-0.15, -0.1) is 0 Å². The van der Waals surface area contributed by atoms with Crippen molar-refractivity contribution >= 4 is 21.6 Å². The summed E-state index contributed by atoms with van der Waals surface area (Å²) < 4.78 is 73.8. The minimum absolute atomic E-state index is 0.00885. The molecule has 1 heterocycles. The van der Waals surface area contributed by atoms with Crippen molar-refractivity contribution in [1.29, 1.82) is 0 Å². The fraction of sp³-hybridized carbons (Fsp3) is 0.182.